The molecule has 0 atom stereocenters. The smallest absolute Gasteiger partial charge is 0.241 e. The quantitative estimate of drug-likeness (QED) is 0.840. The number of para-hydroxylation sites is 1. The maximum absolute atomic E-state index is 12.9. The standard InChI is InChI=1S/C19H23N3OS.ClH/c20-10-11-21(14-16-6-2-1-3-7-16)15-19(23)22-12-13-24-18-9-5-4-8-17(18)22;/h1-9H,10-15,20H2;1H. The van der Waals surface area contributed by atoms with E-state index in [1.54, 1.807) is 0 Å². The van der Waals surface area contributed by atoms with Crippen molar-refractivity contribution in [3.8, 4) is 0 Å². The van der Waals surface area contributed by atoms with E-state index in [1.807, 2.05) is 53.1 Å². The molecule has 0 bridgehead atoms. The number of amides is 1. The summed E-state index contributed by atoms with van der Waals surface area (Å²) in [6.45, 7) is 3.17. The van der Waals surface area contributed by atoms with Crippen molar-refractivity contribution >= 4 is 35.8 Å². The third-order valence-electron chi connectivity index (χ3n) is 4.08. The molecular weight excluding hydrogens is 354 g/mol. The SMILES string of the molecule is Cl.NCCN(CC(=O)N1CCSc2ccccc21)Cc1ccccc1. The number of nitrogens with zero attached hydrogens (tertiary/aromatic N) is 2. The van der Waals surface area contributed by atoms with Gasteiger partial charge in [0.1, 0.15) is 0 Å². The Morgan fingerprint density at radius 2 is 1.84 bits per heavy atom. The van der Waals surface area contributed by atoms with Crippen molar-refractivity contribution < 1.29 is 4.79 Å². The molecule has 0 saturated heterocycles. The van der Waals surface area contributed by atoms with E-state index in [-0.39, 0.29) is 18.3 Å². The molecule has 6 heteroatoms. The van der Waals surface area contributed by atoms with Crippen molar-refractivity contribution in [1.82, 2.24) is 4.90 Å². The van der Waals surface area contributed by atoms with E-state index in [4.69, 9.17) is 5.73 Å². The lowest BCUT2D eigenvalue weighted by Gasteiger charge is -2.31. The molecule has 25 heavy (non-hydrogen) atoms. The number of hydrogen-bond donors (Lipinski definition) is 1. The third kappa shape index (κ3) is 5.22. The Bertz CT molecular complexity index is 683. The van der Waals surface area contributed by atoms with Gasteiger partial charge in [0.15, 0.2) is 0 Å². The number of fused-ring (bicyclic) bond motifs is 1. The molecule has 2 aromatic rings. The number of nitrogens with two attached hydrogens (primary N) is 1. The highest BCUT2D eigenvalue weighted by molar-refractivity contribution is 7.99. The van der Waals surface area contributed by atoms with Crippen LogP contribution >= 0.6 is 24.2 Å². The lowest BCUT2D eigenvalue weighted by Crippen LogP contribution is -2.43. The van der Waals surface area contributed by atoms with Crippen LogP contribution in [0, 0.1) is 0 Å². The van der Waals surface area contributed by atoms with Gasteiger partial charge in [-0.2, -0.15) is 0 Å². The Morgan fingerprint density at radius 3 is 2.60 bits per heavy atom. The van der Waals surface area contributed by atoms with Gasteiger partial charge in [-0.25, -0.2) is 0 Å². The van der Waals surface area contributed by atoms with Crippen molar-refractivity contribution in [2.45, 2.75) is 11.4 Å². The molecule has 4 nitrogen and oxygen atoms in total. The number of halogens is 1. The van der Waals surface area contributed by atoms with E-state index in [0.29, 0.717) is 19.6 Å². The Labute approximate surface area is 159 Å². The van der Waals surface area contributed by atoms with Gasteiger partial charge in [0.25, 0.3) is 0 Å². The Hall–Kier alpha value is -1.53. The van der Waals surface area contributed by atoms with Gasteiger partial charge in [0.2, 0.25) is 5.91 Å². The molecule has 2 aromatic carbocycles. The minimum absolute atomic E-state index is 0. The third-order valence-corrected chi connectivity index (χ3v) is 5.13. The van der Waals surface area contributed by atoms with E-state index in [1.165, 1.54) is 10.5 Å². The van der Waals surface area contributed by atoms with Crippen LogP contribution in [0.5, 0.6) is 0 Å². The fraction of sp³-hybridized carbons (Fsp3) is 0.316. The number of hydrogen-bond acceptors (Lipinski definition) is 4. The topological polar surface area (TPSA) is 49.6 Å². The van der Waals surface area contributed by atoms with Crippen LogP contribution in [0.4, 0.5) is 5.69 Å². The minimum atomic E-state index is 0. The fourth-order valence-corrected chi connectivity index (χ4v) is 3.94. The second kappa shape index (κ2) is 9.82. The number of anilines is 1. The molecule has 1 aliphatic rings. The van der Waals surface area contributed by atoms with Gasteiger partial charge in [-0.3, -0.25) is 9.69 Å². The van der Waals surface area contributed by atoms with Gasteiger partial charge in [-0.1, -0.05) is 42.5 Å². The molecule has 0 aromatic heterocycles. The monoisotopic (exact) mass is 377 g/mol. The van der Waals surface area contributed by atoms with Crippen LogP contribution in [-0.4, -0.2) is 42.7 Å². The molecule has 1 amide bonds. The maximum Gasteiger partial charge on any atom is 0.241 e. The van der Waals surface area contributed by atoms with Gasteiger partial charge >= 0.3 is 0 Å². The molecule has 1 aliphatic heterocycles. The summed E-state index contributed by atoms with van der Waals surface area (Å²) in [5, 5.41) is 0. The lowest BCUT2D eigenvalue weighted by atomic mass is 10.2. The molecule has 0 unspecified atom stereocenters. The zero-order valence-electron chi connectivity index (χ0n) is 14.1. The summed E-state index contributed by atoms with van der Waals surface area (Å²) in [6, 6.07) is 18.4. The molecule has 0 saturated carbocycles. The zero-order chi connectivity index (χ0) is 16.8. The Balaban J connectivity index is 0.00000225. The average Bonchev–Trinajstić information content (AvgIpc) is 2.62. The molecule has 2 N–H and O–H groups in total. The van der Waals surface area contributed by atoms with Crippen molar-refractivity contribution in [3.05, 3.63) is 60.2 Å². The average molecular weight is 378 g/mol. The van der Waals surface area contributed by atoms with Crippen molar-refractivity contribution in [3.63, 3.8) is 0 Å². The van der Waals surface area contributed by atoms with Crippen LogP contribution in [-0.2, 0) is 11.3 Å². The molecule has 0 fully saturated rings. The summed E-state index contributed by atoms with van der Waals surface area (Å²) in [6.07, 6.45) is 0. The normalized spacial score (nSPS) is 13.3. The molecule has 1 heterocycles. The van der Waals surface area contributed by atoms with Crippen LogP contribution in [0.1, 0.15) is 5.56 Å². The van der Waals surface area contributed by atoms with E-state index >= 15 is 0 Å². The zero-order valence-corrected chi connectivity index (χ0v) is 15.8. The van der Waals surface area contributed by atoms with Gasteiger partial charge in [-0.15, -0.1) is 24.2 Å². The van der Waals surface area contributed by atoms with Gasteiger partial charge in [0.05, 0.1) is 12.2 Å². The first kappa shape index (κ1) is 19.8. The van der Waals surface area contributed by atoms with Crippen LogP contribution in [0.3, 0.4) is 0 Å². The van der Waals surface area contributed by atoms with E-state index in [0.717, 1.165) is 24.5 Å². The van der Waals surface area contributed by atoms with Crippen molar-refractivity contribution in [1.29, 1.82) is 0 Å². The van der Waals surface area contributed by atoms with Crippen LogP contribution in [0.2, 0.25) is 0 Å². The number of benzene rings is 2. The summed E-state index contributed by atoms with van der Waals surface area (Å²) in [5.41, 5.74) is 7.98. The largest absolute Gasteiger partial charge is 0.329 e. The van der Waals surface area contributed by atoms with E-state index in [2.05, 4.69) is 23.1 Å². The number of carbonyl (C=O) groups excluding carboxylic acids is 1. The molecule has 0 aliphatic carbocycles. The molecule has 0 spiro atoms. The number of thioether (sulfide) groups is 1. The highest BCUT2D eigenvalue weighted by Gasteiger charge is 2.24. The van der Waals surface area contributed by atoms with E-state index < -0.39 is 0 Å². The predicted molar refractivity (Wildman–Crippen MR) is 108 cm³/mol. The summed E-state index contributed by atoms with van der Waals surface area (Å²) < 4.78 is 0. The summed E-state index contributed by atoms with van der Waals surface area (Å²) in [7, 11) is 0. The van der Waals surface area contributed by atoms with Gasteiger partial charge in [0, 0.05) is 36.8 Å². The number of rotatable bonds is 6. The van der Waals surface area contributed by atoms with Gasteiger partial charge in [-0.05, 0) is 17.7 Å². The van der Waals surface area contributed by atoms with Crippen molar-refractivity contribution in [2.24, 2.45) is 5.73 Å². The second-order valence-corrected chi connectivity index (χ2v) is 6.98. The lowest BCUT2D eigenvalue weighted by molar-refractivity contribution is -0.119. The molecular formula is C19H24ClN3OS. The maximum atomic E-state index is 12.9. The number of carbonyl (C=O) groups is 1. The minimum Gasteiger partial charge on any atom is -0.329 e. The first-order valence-corrected chi connectivity index (χ1v) is 9.25. The first-order valence-electron chi connectivity index (χ1n) is 8.26. The highest BCUT2D eigenvalue weighted by atomic mass is 35.5. The summed E-state index contributed by atoms with van der Waals surface area (Å²) >= 11 is 1.81. The summed E-state index contributed by atoms with van der Waals surface area (Å²) in [5.74, 6) is 1.09. The second-order valence-electron chi connectivity index (χ2n) is 5.85. The Morgan fingerprint density at radius 1 is 1.12 bits per heavy atom. The fourth-order valence-electron chi connectivity index (χ4n) is 2.94. The first-order chi connectivity index (χ1) is 11.8. The molecule has 0 radical (unpaired) electrons. The van der Waals surface area contributed by atoms with E-state index in [9.17, 15) is 4.79 Å². The van der Waals surface area contributed by atoms with Crippen molar-refractivity contribution in [2.75, 3.05) is 36.8 Å². The molecule has 3 rings (SSSR count). The predicted octanol–water partition coefficient (Wildman–Crippen LogP) is 3.01. The van der Waals surface area contributed by atoms with Crippen LogP contribution < -0.4 is 10.6 Å². The Kier molecular flexibility index (Phi) is 7.78. The van der Waals surface area contributed by atoms with Crippen LogP contribution in [0.25, 0.3) is 0 Å². The summed E-state index contributed by atoms with van der Waals surface area (Å²) in [4.78, 5) is 18.1. The highest BCUT2D eigenvalue weighted by Crippen LogP contribution is 2.34. The molecule has 134 valence electrons. The van der Waals surface area contributed by atoms with Gasteiger partial charge < -0.3 is 10.6 Å². The van der Waals surface area contributed by atoms with Crippen LogP contribution in [0.15, 0.2) is 59.5 Å².